The van der Waals surface area contributed by atoms with Crippen molar-refractivity contribution in [2.45, 2.75) is 6.10 Å². The SMILES string of the molecule is CN(C[C@H]1COc2ccccc2O1)C(=S)Nc1ccc(F)cc1. The van der Waals surface area contributed by atoms with E-state index in [9.17, 15) is 4.39 Å². The molecule has 23 heavy (non-hydrogen) atoms. The lowest BCUT2D eigenvalue weighted by molar-refractivity contribution is 0.0784. The van der Waals surface area contributed by atoms with Crippen molar-refractivity contribution in [3.63, 3.8) is 0 Å². The van der Waals surface area contributed by atoms with Gasteiger partial charge in [-0.25, -0.2) is 4.39 Å². The van der Waals surface area contributed by atoms with Crippen molar-refractivity contribution in [1.82, 2.24) is 4.90 Å². The summed E-state index contributed by atoms with van der Waals surface area (Å²) in [6.45, 7) is 1.06. The molecular formula is C17H17FN2O2S. The quantitative estimate of drug-likeness (QED) is 0.872. The molecule has 0 aromatic heterocycles. The number of hydrogen-bond donors (Lipinski definition) is 1. The number of likely N-dealkylation sites (N-methyl/N-ethyl adjacent to an activating group) is 1. The second kappa shape index (κ2) is 6.83. The van der Waals surface area contributed by atoms with Crippen molar-refractivity contribution in [3.05, 3.63) is 54.3 Å². The van der Waals surface area contributed by atoms with Gasteiger partial charge in [0.1, 0.15) is 12.4 Å². The van der Waals surface area contributed by atoms with E-state index in [0.717, 1.165) is 17.2 Å². The number of nitrogens with one attached hydrogen (secondary N) is 1. The molecule has 0 amide bonds. The first kappa shape index (κ1) is 15.6. The van der Waals surface area contributed by atoms with Gasteiger partial charge in [0.2, 0.25) is 0 Å². The van der Waals surface area contributed by atoms with Crippen LogP contribution in [0.5, 0.6) is 11.5 Å². The van der Waals surface area contributed by atoms with Gasteiger partial charge < -0.3 is 19.7 Å². The zero-order valence-electron chi connectivity index (χ0n) is 12.7. The number of hydrogen-bond acceptors (Lipinski definition) is 3. The van der Waals surface area contributed by atoms with Gasteiger partial charge in [-0.05, 0) is 48.6 Å². The van der Waals surface area contributed by atoms with E-state index in [1.807, 2.05) is 36.2 Å². The Morgan fingerprint density at radius 2 is 1.91 bits per heavy atom. The highest BCUT2D eigenvalue weighted by molar-refractivity contribution is 7.80. The highest BCUT2D eigenvalue weighted by Crippen LogP contribution is 2.30. The normalized spacial score (nSPS) is 15.8. The molecular weight excluding hydrogens is 315 g/mol. The summed E-state index contributed by atoms with van der Waals surface area (Å²) < 4.78 is 24.5. The molecule has 1 aliphatic heterocycles. The first-order chi connectivity index (χ1) is 11.1. The van der Waals surface area contributed by atoms with E-state index in [1.54, 1.807) is 12.1 Å². The number of halogens is 1. The number of fused-ring (bicyclic) bond motifs is 1. The maximum absolute atomic E-state index is 12.9. The van der Waals surface area contributed by atoms with Crippen molar-refractivity contribution < 1.29 is 13.9 Å². The molecule has 0 fully saturated rings. The van der Waals surface area contributed by atoms with Gasteiger partial charge in [-0.2, -0.15) is 0 Å². The van der Waals surface area contributed by atoms with Crippen LogP contribution in [0.15, 0.2) is 48.5 Å². The number of anilines is 1. The van der Waals surface area contributed by atoms with Crippen molar-refractivity contribution in [3.8, 4) is 11.5 Å². The molecule has 0 unspecified atom stereocenters. The molecule has 1 N–H and O–H groups in total. The number of ether oxygens (including phenoxy) is 2. The largest absolute Gasteiger partial charge is 0.486 e. The van der Waals surface area contributed by atoms with Crippen molar-refractivity contribution in [2.24, 2.45) is 0 Å². The van der Waals surface area contributed by atoms with Crippen LogP contribution >= 0.6 is 12.2 Å². The average molecular weight is 332 g/mol. The van der Waals surface area contributed by atoms with Crippen LogP contribution in [0.1, 0.15) is 0 Å². The van der Waals surface area contributed by atoms with Gasteiger partial charge in [0, 0.05) is 12.7 Å². The monoisotopic (exact) mass is 332 g/mol. The number of benzene rings is 2. The van der Waals surface area contributed by atoms with E-state index in [0.29, 0.717) is 18.3 Å². The maximum atomic E-state index is 12.9. The van der Waals surface area contributed by atoms with Crippen LogP contribution in [0.2, 0.25) is 0 Å². The Morgan fingerprint density at radius 1 is 1.22 bits per heavy atom. The molecule has 0 aliphatic carbocycles. The Morgan fingerprint density at radius 3 is 2.65 bits per heavy atom. The van der Waals surface area contributed by atoms with Gasteiger partial charge >= 0.3 is 0 Å². The van der Waals surface area contributed by atoms with Crippen LogP contribution in [0.4, 0.5) is 10.1 Å². The summed E-state index contributed by atoms with van der Waals surface area (Å²) in [7, 11) is 1.88. The Bertz CT molecular complexity index is 693. The molecule has 2 aromatic carbocycles. The van der Waals surface area contributed by atoms with Gasteiger partial charge in [0.25, 0.3) is 0 Å². The Balaban J connectivity index is 1.56. The summed E-state index contributed by atoms with van der Waals surface area (Å²) >= 11 is 5.36. The van der Waals surface area contributed by atoms with Crippen molar-refractivity contribution >= 4 is 23.0 Å². The van der Waals surface area contributed by atoms with Gasteiger partial charge in [-0.3, -0.25) is 0 Å². The molecule has 1 heterocycles. The fraction of sp³-hybridized carbons (Fsp3) is 0.235. The molecule has 4 nitrogen and oxygen atoms in total. The number of nitrogens with zero attached hydrogens (tertiary/aromatic N) is 1. The average Bonchev–Trinajstić information content (AvgIpc) is 2.56. The molecule has 0 spiro atoms. The van der Waals surface area contributed by atoms with E-state index < -0.39 is 0 Å². The van der Waals surface area contributed by atoms with Crippen LogP contribution < -0.4 is 14.8 Å². The lowest BCUT2D eigenvalue weighted by atomic mass is 10.2. The van der Waals surface area contributed by atoms with Crippen molar-refractivity contribution in [1.29, 1.82) is 0 Å². The molecule has 1 atom stereocenters. The second-order valence-corrected chi connectivity index (χ2v) is 5.70. The van der Waals surface area contributed by atoms with E-state index in [2.05, 4.69) is 5.32 Å². The van der Waals surface area contributed by atoms with E-state index in [1.165, 1.54) is 12.1 Å². The van der Waals surface area contributed by atoms with Crippen LogP contribution in [-0.2, 0) is 0 Å². The predicted molar refractivity (Wildman–Crippen MR) is 91.6 cm³/mol. The molecule has 0 saturated heterocycles. The number of para-hydroxylation sites is 2. The second-order valence-electron chi connectivity index (χ2n) is 5.32. The summed E-state index contributed by atoms with van der Waals surface area (Å²) in [5, 5.41) is 3.61. The van der Waals surface area contributed by atoms with Crippen LogP contribution in [0, 0.1) is 5.82 Å². The van der Waals surface area contributed by atoms with E-state index in [4.69, 9.17) is 21.7 Å². The van der Waals surface area contributed by atoms with Crippen LogP contribution in [0.3, 0.4) is 0 Å². The highest BCUT2D eigenvalue weighted by atomic mass is 32.1. The lowest BCUT2D eigenvalue weighted by Crippen LogP contribution is -2.43. The highest BCUT2D eigenvalue weighted by Gasteiger charge is 2.22. The van der Waals surface area contributed by atoms with Crippen LogP contribution in [-0.4, -0.2) is 36.3 Å². The smallest absolute Gasteiger partial charge is 0.173 e. The topological polar surface area (TPSA) is 33.7 Å². The first-order valence-corrected chi connectivity index (χ1v) is 7.69. The van der Waals surface area contributed by atoms with Gasteiger partial charge in [-0.15, -0.1) is 0 Å². The molecule has 0 bridgehead atoms. The summed E-state index contributed by atoms with van der Waals surface area (Å²) in [6.07, 6.45) is -0.108. The number of thiocarbonyl (C=S) groups is 1. The zero-order chi connectivity index (χ0) is 16.2. The molecule has 3 rings (SSSR count). The Labute approximate surface area is 139 Å². The minimum atomic E-state index is -0.277. The van der Waals surface area contributed by atoms with Gasteiger partial charge in [0.05, 0.1) is 6.54 Å². The third kappa shape index (κ3) is 3.90. The summed E-state index contributed by atoms with van der Waals surface area (Å²) in [6, 6.07) is 13.7. The molecule has 6 heteroatoms. The standard InChI is InChI=1S/C17H17FN2O2S/c1-20(17(23)19-13-8-6-12(18)7-9-13)10-14-11-21-15-4-2-3-5-16(15)22-14/h2-9,14H,10-11H2,1H3,(H,19,23)/t14-/m0/s1. The molecule has 2 aromatic rings. The predicted octanol–water partition coefficient (Wildman–Crippen LogP) is 3.29. The molecule has 1 aliphatic rings. The minimum Gasteiger partial charge on any atom is -0.486 e. The minimum absolute atomic E-state index is 0.108. The zero-order valence-corrected chi connectivity index (χ0v) is 13.5. The van der Waals surface area contributed by atoms with E-state index >= 15 is 0 Å². The fourth-order valence-corrected chi connectivity index (χ4v) is 2.49. The maximum Gasteiger partial charge on any atom is 0.173 e. The van der Waals surface area contributed by atoms with Crippen LogP contribution in [0.25, 0.3) is 0 Å². The fourth-order valence-electron chi connectivity index (χ4n) is 2.29. The number of rotatable bonds is 3. The molecule has 0 radical (unpaired) electrons. The summed E-state index contributed by atoms with van der Waals surface area (Å²) in [5.74, 6) is 1.23. The third-order valence-corrected chi connectivity index (χ3v) is 3.90. The molecule has 120 valence electrons. The molecule has 0 saturated carbocycles. The third-order valence-electron chi connectivity index (χ3n) is 3.49. The van der Waals surface area contributed by atoms with Gasteiger partial charge in [-0.1, -0.05) is 12.1 Å². The lowest BCUT2D eigenvalue weighted by Gasteiger charge is -2.30. The van der Waals surface area contributed by atoms with Crippen molar-refractivity contribution in [2.75, 3.05) is 25.5 Å². The van der Waals surface area contributed by atoms with Gasteiger partial charge in [0.15, 0.2) is 22.7 Å². The Kier molecular flexibility index (Phi) is 4.62. The Hall–Kier alpha value is -2.34. The summed E-state index contributed by atoms with van der Waals surface area (Å²) in [4.78, 5) is 1.88. The van der Waals surface area contributed by atoms with E-state index in [-0.39, 0.29) is 11.9 Å². The first-order valence-electron chi connectivity index (χ1n) is 7.28. The summed E-state index contributed by atoms with van der Waals surface area (Å²) in [5.41, 5.74) is 0.745.